The number of phenolic OH excluding ortho intramolecular Hbond substituents is 1. The molecule has 4 aliphatic rings. The van der Waals surface area contributed by atoms with Crippen LogP contribution in [0.1, 0.15) is 155 Å². The Kier molecular flexibility index (Phi) is 36.2. The zero-order valence-corrected chi connectivity index (χ0v) is 75.4. The molecule has 3 saturated heterocycles. The van der Waals surface area contributed by atoms with Crippen molar-refractivity contribution in [3.8, 4) is 5.75 Å². The number of hydrogen-bond donors (Lipinski definition) is 17. The number of unbranched alkanes of at least 4 members (excludes halogenated alkanes) is 2. The van der Waals surface area contributed by atoms with Crippen molar-refractivity contribution in [2.75, 3.05) is 65.4 Å². The largest absolute Gasteiger partial charge is 0.508 e. The summed E-state index contributed by atoms with van der Waals surface area (Å²) in [7, 11) is 4.13. The van der Waals surface area contributed by atoms with Gasteiger partial charge < -0.3 is 115 Å². The summed E-state index contributed by atoms with van der Waals surface area (Å²) in [6.45, 7) is 10.6. The lowest BCUT2D eigenvalue weighted by Crippen LogP contribution is -2.62. The quantitative estimate of drug-likeness (QED) is 0.0415. The second kappa shape index (κ2) is 46.3. The summed E-state index contributed by atoms with van der Waals surface area (Å²) in [5.41, 5.74) is 19.4. The van der Waals surface area contributed by atoms with Gasteiger partial charge in [0.05, 0.1) is 18.4 Å². The monoisotopic (exact) mass is 1800 g/mol. The van der Waals surface area contributed by atoms with E-state index in [1.807, 2.05) is 32.0 Å². The first kappa shape index (κ1) is 100. The zero-order chi connectivity index (χ0) is 93.5. The standard InChI is InChI=1S/C89H128N20O18S/c1-11-13-24-69-81(120)98-62(36-49(3)4)78(117)103-68(76(115)95-45-73(92)112)47-128-48-74(113)96-65(38-52-27-29-55(110)30-28-52)84(123)105(8)51(7)75(114)104-89(32-33-89)88(127)108-35-19-26-70(108)82(121)102-67(42-91)80(119)100-64(37-50(5)6)86(125)109-46-56(111)41-72(109)83(122)99-63(39-53-43-93-59-22-17-15-20-57(53)59)79(118)97-61(31-34-90)77(116)101-66(40-54-44-94-60-23-18-16-21-58(54)60)85(124)107(10)71(25-14-12-2)87(126)106(69)9/h15-18,20-23,27-30,43-44,49-51,56,61-72,93-94,110-111H,11-14,19,24-26,31-42,45-48,90-91H2,1-10H3,(H2,92,112)(H,95,115)(H,96,113)(H,97,118)(H,98,120)(H,99,122)(H,100,119)(H,101,116)(H,102,121)(H,103,117)(H,104,114)/t51-,56+,61-,62-,63?,64-,65-,66-,67-,68-,69-,70-,71-,72-/m0/s1. The molecule has 128 heavy (non-hydrogen) atoms. The number of carbonyl (C=O) groups is 16. The van der Waals surface area contributed by atoms with Crippen LogP contribution in [0.5, 0.6) is 5.75 Å². The lowest BCUT2D eigenvalue weighted by atomic mass is 9.99. The Morgan fingerprint density at radius 3 is 1.66 bits per heavy atom. The van der Waals surface area contributed by atoms with Crippen LogP contribution in [0.2, 0.25) is 0 Å². The molecule has 0 radical (unpaired) electrons. The third-order valence-electron chi connectivity index (χ3n) is 24.1. The van der Waals surface area contributed by atoms with Crippen LogP contribution < -0.4 is 70.4 Å². The van der Waals surface area contributed by atoms with Crippen LogP contribution in [0.3, 0.4) is 0 Å². The average Bonchev–Trinajstić information content (AvgIpc) is 1.59. The third kappa shape index (κ3) is 26.3. The van der Waals surface area contributed by atoms with Crippen LogP contribution >= 0.6 is 11.8 Å². The van der Waals surface area contributed by atoms with Crippen molar-refractivity contribution >= 4 is 128 Å². The molecule has 39 heteroatoms. The van der Waals surface area contributed by atoms with E-state index in [9.17, 15) is 53.4 Å². The smallest absolute Gasteiger partial charge is 0.249 e. The summed E-state index contributed by atoms with van der Waals surface area (Å²) in [5, 5.41) is 50.3. The molecular weight excluding hydrogens is 1670 g/mol. The molecule has 0 bridgehead atoms. The van der Waals surface area contributed by atoms with E-state index in [1.165, 1.54) is 67.0 Å². The molecule has 3 aromatic carbocycles. The Hall–Kier alpha value is -11.7. The maximum Gasteiger partial charge on any atom is 0.249 e. The van der Waals surface area contributed by atoms with Crippen LogP contribution in [0, 0.1) is 11.8 Å². The van der Waals surface area contributed by atoms with Gasteiger partial charge in [-0.2, -0.15) is 0 Å². The van der Waals surface area contributed by atoms with Gasteiger partial charge in [-0.05, 0) is 124 Å². The van der Waals surface area contributed by atoms with Gasteiger partial charge in [0, 0.05) is 106 Å². The molecule has 1 aliphatic carbocycles. The number of aliphatic hydroxyl groups is 1. The summed E-state index contributed by atoms with van der Waals surface area (Å²) in [4.78, 5) is 248. The molecule has 1 spiro atoms. The van der Waals surface area contributed by atoms with Gasteiger partial charge in [0.1, 0.15) is 89.8 Å². The fourth-order valence-electron chi connectivity index (χ4n) is 16.6. The zero-order valence-electron chi connectivity index (χ0n) is 74.6. The molecular formula is C89H128N20O18S. The van der Waals surface area contributed by atoms with Crippen LogP contribution in [0.4, 0.5) is 0 Å². The van der Waals surface area contributed by atoms with Gasteiger partial charge in [-0.15, -0.1) is 11.8 Å². The van der Waals surface area contributed by atoms with Crippen LogP contribution in [0.25, 0.3) is 21.8 Å². The molecule has 698 valence electrons. The van der Waals surface area contributed by atoms with E-state index in [4.69, 9.17) is 17.2 Å². The minimum atomic E-state index is -1.54. The molecule has 4 fully saturated rings. The topological polar surface area (TPSA) is 560 Å². The number of aromatic nitrogens is 2. The summed E-state index contributed by atoms with van der Waals surface area (Å²) < 4.78 is 0. The van der Waals surface area contributed by atoms with Gasteiger partial charge in [-0.25, -0.2) is 0 Å². The van der Waals surface area contributed by atoms with E-state index in [2.05, 4.69) is 63.1 Å². The Balaban J connectivity index is 1.07. The van der Waals surface area contributed by atoms with Gasteiger partial charge in [0.25, 0.3) is 0 Å². The lowest BCUT2D eigenvalue weighted by Gasteiger charge is -2.36. The summed E-state index contributed by atoms with van der Waals surface area (Å²) in [6.07, 6.45) is 3.56. The molecule has 3 aliphatic heterocycles. The number of amides is 16. The molecule has 9 rings (SSSR count). The molecule has 14 atom stereocenters. The fraction of sp³-hybridized carbons (Fsp3) is 0.573. The van der Waals surface area contributed by atoms with E-state index in [1.54, 1.807) is 70.4 Å². The number of thioether (sulfide) groups is 1. The highest BCUT2D eigenvalue weighted by molar-refractivity contribution is 8.00. The van der Waals surface area contributed by atoms with Crippen molar-refractivity contribution in [3.63, 3.8) is 0 Å². The number of carbonyl (C=O) groups excluding carboxylic acids is 16. The highest BCUT2D eigenvalue weighted by atomic mass is 32.2. The Morgan fingerprint density at radius 1 is 0.555 bits per heavy atom. The molecule has 38 nitrogen and oxygen atoms in total. The minimum Gasteiger partial charge on any atom is -0.508 e. The predicted octanol–water partition coefficient (Wildman–Crippen LogP) is -0.508. The molecule has 20 N–H and O–H groups in total. The summed E-state index contributed by atoms with van der Waals surface area (Å²) in [6, 6.07) is 1.85. The van der Waals surface area contributed by atoms with E-state index >= 15 is 33.6 Å². The second-order valence-electron chi connectivity index (χ2n) is 34.8. The highest BCUT2D eigenvalue weighted by Crippen LogP contribution is 2.40. The van der Waals surface area contributed by atoms with Crippen molar-refractivity contribution in [1.82, 2.24) is 87.6 Å². The molecule has 5 aromatic rings. The number of likely N-dealkylation sites (N-methyl/N-ethyl adjacent to an activating group) is 3. The Bertz CT molecular complexity index is 4810. The number of fused-ring (bicyclic) bond motifs is 4. The van der Waals surface area contributed by atoms with Crippen molar-refractivity contribution < 1.29 is 86.9 Å². The lowest BCUT2D eigenvalue weighted by molar-refractivity contribution is -0.149. The first-order valence-corrected chi connectivity index (χ1v) is 45.3. The van der Waals surface area contributed by atoms with E-state index < -0.39 is 210 Å². The minimum absolute atomic E-state index is 0.0191. The van der Waals surface area contributed by atoms with Gasteiger partial charge >= 0.3 is 0 Å². The number of nitrogens with zero attached hydrogens (tertiary/aromatic N) is 5. The number of H-pyrrole nitrogens is 2. The van der Waals surface area contributed by atoms with Crippen LogP contribution in [0.15, 0.2) is 85.2 Å². The normalized spacial score (nSPS) is 25.8. The number of phenols is 1. The second-order valence-corrected chi connectivity index (χ2v) is 35.8. The number of benzene rings is 3. The Labute approximate surface area is 748 Å². The van der Waals surface area contributed by atoms with E-state index in [0.717, 1.165) is 21.6 Å². The van der Waals surface area contributed by atoms with E-state index in [-0.39, 0.29) is 113 Å². The van der Waals surface area contributed by atoms with Gasteiger partial charge in [-0.1, -0.05) is 116 Å². The number of rotatable bonds is 22. The molecule has 1 unspecified atom stereocenters. The van der Waals surface area contributed by atoms with Crippen molar-refractivity contribution in [2.45, 2.75) is 248 Å². The molecule has 2 aromatic heterocycles. The van der Waals surface area contributed by atoms with Crippen molar-refractivity contribution in [2.24, 2.45) is 29.0 Å². The maximum absolute atomic E-state index is 15.8. The number of nitrogens with two attached hydrogens (primary N) is 3. The summed E-state index contributed by atoms with van der Waals surface area (Å²) >= 11 is 0.841. The predicted molar refractivity (Wildman–Crippen MR) is 478 cm³/mol. The summed E-state index contributed by atoms with van der Waals surface area (Å²) in [5.74, 6) is -14.5. The number of aromatic amines is 2. The highest BCUT2D eigenvalue weighted by Gasteiger charge is 2.56. The number of aliphatic hydroxyl groups excluding tert-OH is 1. The van der Waals surface area contributed by atoms with Crippen LogP contribution in [-0.2, 0) is 96.0 Å². The van der Waals surface area contributed by atoms with Crippen molar-refractivity contribution in [3.05, 3.63) is 102 Å². The van der Waals surface area contributed by atoms with Gasteiger partial charge in [0.15, 0.2) is 0 Å². The average molecular weight is 1800 g/mol. The number of hydrogen-bond acceptors (Lipinski definition) is 21. The first-order chi connectivity index (χ1) is 60.9. The number of para-hydroxylation sites is 2. The number of primary amides is 1. The van der Waals surface area contributed by atoms with E-state index in [0.29, 0.717) is 70.6 Å². The fourth-order valence-corrected chi connectivity index (χ4v) is 17.4. The Morgan fingerprint density at radius 2 is 1.07 bits per heavy atom. The van der Waals surface area contributed by atoms with Crippen molar-refractivity contribution in [1.29, 1.82) is 0 Å². The number of nitrogens with one attached hydrogen (secondary N) is 12. The SMILES string of the molecule is CCCC[C@H]1C(=O)N(C)[C@@H](CCCC)C(=O)N[C@@H](CC(C)C)C(=O)N[C@H](C(=O)NCC(N)=O)CSCC(=O)N[C@@H](Cc2ccc(O)cc2)C(=O)N(C)[C@@H](C)C(=O)NC2(CC2)C(=O)N2CCC[C@H]2C(=O)N[C@@H](CN)C(=O)N[C@@H](CC(C)C)C(=O)N2C[C@H](O)C[C@H]2C(=O)NC(Cc2c[nH]c3ccccc23)C(=O)N[C@@H](CCN)C(=O)N[C@@H](Cc2c[nH]c3ccccc23)C(=O)N1C. The van der Waals surface area contributed by atoms with Gasteiger partial charge in [0.2, 0.25) is 94.5 Å². The van der Waals surface area contributed by atoms with Crippen LogP contribution in [-0.4, -0.2) is 295 Å². The molecule has 16 amide bonds. The first-order valence-electron chi connectivity index (χ1n) is 44.2. The maximum atomic E-state index is 15.8. The van der Waals surface area contributed by atoms with Gasteiger partial charge in [-0.3, -0.25) is 76.7 Å². The third-order valence-corrected chi connectivity index (χ3v) is 25.1. The number of aromatic hydroxyl groups is 1. The molecule has 5 heterocycles. The molecule has 1 saturated carbocycles.